The van der Waals surface area contributed by atoms with Crippen LogP contribution in [0.4, 0.5) is 0 Å². The van der Waals surface area contributed by atoms with Gasteiger partial charge in [0.2, 0.25) is 0 Å². The van der Waals surface area contributed by atoms with Crippen molar-refractivity contribution < 1.29 is 9.47 Å². The van der Waals surface area contributed by atoms with Crippen molar-refractivity contribution in [1.29, 1.82) is 0 Å². The van der Waals surface area contributed by atoms with Gasteiger partial charge in [0.05, 0.1) is 12.7 Å². The minimum Gasteiger partial charge on any atom is -0.492 e. The number of nitrogens with zero attached hydrogens (tertiary/aromatic N) is 1. The second kappa shape index (κ2) is 6.89. The molecule has 1 aliphatic heterocycles. The molecule has 2 rings (SSSR count). The van der Waals surface area contributed by atoms with Crippen molar-refractivity contribution in [1.82, 2.24) is 4.90 Å². The molecule has 0 bridgehead atoms. The van der Waals surface area contributed by atoms with E-state index in [0.29, 0.717) is 25.3 Å². The largest absolute Gasteiger partial charge is 0.492 e. The summed E-state index contributed by atoms with van der Waals surface area (Å²) < 4.78 is 11.4. The summed E-state index contributed by atoms with van der Waals surface area (Å²) in [6.07, 6.45) is 0.319. The van der Waals surface area contributed by atoms with E-state index in [1.165, 1.54) is 0 Å². The Morgan fingerprint density at radius 2 is 2.05 bits per heavy atom. The molecule has 0 radical (unpaired) electrons. The molecule has 2 atom stereocenters. The predicted molar refractivity (Wildman–Crippen MR) is 76.3 cm³/mol. The molecule has 1 fully saturated rings. The van der Waals surface area contributed by atoms with E-state index in [2.05, 4.69) is 18.7 Å². The van der Waals surface area contributed by atoms with Crippen molar-refractivity contribution in [2.24, 2.45) is 5.73 Å². The van der Waals surface area contributed by atoms with E-state index in [9.17, 15) is 0 Å². The van der Waals surface area contributed by atoms with Crippen molar-refractivity contribution in [3.63, 3.8) is 0 Å². The Bertz CT molecular complexity index is 380. The van der Waals surface area contributed by atoms with Crippen molar-refractivity contribution >= 4 is 0 Å². The maximum absolute atomic E-state index is 5.77. The van der Waals surface area contributed by atoms with Gasteiger partial charge in [-0.2, -0.15) is 0 Å². The summed E-state index contributed by atoms with van der Waals surface area (Å²) in [4.78, 5) is 2.42. The molecule has 0 aromatic heterocycles. The summed E-state index contributed by atoms with van der Waals surface area (Å²) >= 11 is 0. The molecule has 1 aliphatic rings. The molecule has 1 heterocycles. The van der Waals surface area contributed by atoms with Crippen molar-refractivity contribution in [2.75, 3.05) is 26.3 Å². The molecule has 0 spiro atoms. The lowest BCUT2D eigenvalue weighted by Gasteiger charge is -2.36. The Kier molecular flexibility index (Phi) is 5.19. The van der Waals surface area contributed by atoms with Crippen LogP contribution in [0.15, 0.2) is 24.3 Å². The summed E-state index contributed by atoms with van der Waals surface area (Å²) in [5.41, 5.74) is 6.69. The van der Waals surface area contributed by atoms with E-state index < -0.39 is 0 Å². The Hall–Kier alpha value is -1.10. The van der Waals surface area contributed by atoms with Gasteiger partial charge in [-0.15, -0.1) is 0 Å². The third-order valence-corrected chi connectivity index (χ3v) is 3.54. The van der Waals surface area contributed by atoms with Crippen LogP contribution in [0.25, 0.3) is 0 Å². The van der Waals surface area contributed by atoms with Crippen LogP contribution >= 0.6 is 0 Å². The average molecular weight is 264 g/mol. The van der Waals surface area contributed by atoms with E-state index in [1.807, 2.05) is 24.3 Å². The monoisotopic (exact) mass is 264 g/mol. The molecule has 0 amide bonds. The normalized spacial score (nSPS) is 24.4. The van der Waals surface area contributed by atoms with Crippen LogP contribution in [0.2, 0.25) is 0 Å². The topological polar surface area (TPSA) is 47.7 Å². The Balaban J connectivity index is 1.75. The molecule has 4 heteroatoms. The van der Waals surface area contributed by atoms with Gasteiger partial charge in [-0.1, -0.05) is 12.1 Å². The number of rotatable bonds is 5. The highest BCUT2D eigenvalue weighted by atomic mass is 16.5. The van der Waals surface area contributed by atoms with Crippen LogP contribution in [-0.4, -0.2) is 43.3 Å². The summed E-state index contributed by atoms with van der Waals surface area (Å²) in [6.45, 7) is 8.33. The summed E-state index contributed by atoms with van der Waals surface area (Å²) in [5.74, 6) is 0.908. The zero-order chi connectivity index (χ0) is 13.7. The lowest BCUT2D eigenvalue weighted by molar-refractivity contribution is -0.0522. The fraction of sp³-hybridized carbons (Fsp3) is 0.600. The first-order valence-corrected chi connectivity index (χ1v) is 6.96. The Labute approximate surface area is 115 Å². The SMILES string of the molecule is CC1CN(CCOc2ccc(CN)cc2)C(C)CO1. The van der Waals surface area contributed by atoms with E-state index in [0.717, 1.165) is 31.0 Å². The minimum atomic E-state index is 0.319. The molecule has 4 nitrogen and oxygen atoms in total. The first-order chi connectivity index (χ1) is 9.19. The van der Waals surface area contributed by atoms with E-state index in [1.54, 1.807) is 0 Å². The Morgan fingerprint density at radius 1 is 1.32 bits per heavy atom. The van der Waals surface area contributed by atoms with Gasteiger partial charge in [-0.3, -0.25) is 4.90 Å². The van der Waals surface area contributed by atoms with Crippen LogP contribution in [0.3, 0.4) is 0 Å². The molecule has 1 saturated heterocycles. The smallest absolute Gasteiger partial charge is 0.119 e. The molecule has 1 aromatic rings. The number of benzene rings is 1. The number of nitrogens with two attached hydrogens (primary N) is 1. The minimum absolute atomic E-state index is 0.319. The van der Waals surface area contributed by atoms with Gasteiger partial charge < -0.3 is 15.2 Å². The molecule has 2 unspecified atom stereocenters. The third kappa shape index (κ3) is 4.20. The first-order valence-electron chi connectivity index (χ1n) is 6.96. The van der Waals surface area contributed by atoms with Gasteiger partial charge in [0.15, 0.2) is 0 Å². The highest BCUT2D eigenvalue weighted by molar-refractivity contribution is 5.27. The highest BCUT2D eigenvalue weighted by Gasteiger charge is 2.22. The first kappa shape index (κ1) is 14.3. The second-order valence-corrected chi connectivity index (χ2v) is 5.18. The van der Waals surface area contributed by atoms with E-state index in [-0.39, 0.29) is 0 Å². The lowest BCUT2D eigenvalue weighted by Crippen LogP contribution is -2.48. The Morgan fingerprint density at radius 3 is 2.74 bits per heavy atom. The van der Waals surface area contributed by atoms with Crippen molar-refractivity contribution in [3.05, 3.63) is 29.8 Å². The van der Waals surface area contributed by atoms with E-state index >= 15 is 0 Å². The maximum atomic E-state index is 5.77. The molecule has 0 saturated carbocycles. The summed E-state index contributed by atoms with van der Waals surface area (Å²) in [6, 6.07) is 8.45. The average Bonchev–Trinajstić information content (AvgIpc) is 2.43. The predicted octanol–water partition coefficient (Wildman–Crippen LogP) is 1.63. The van der Waals surface area contributed by atoms with Crippen LogP contribution < -0.4 is 10.5 Å². The van der Waals surface area contributed by atoms with Gasteiger partial charge in [0.25, 0.3) is 0 Å². The van der Waals surface area contributed by atoms with Crippen molar-refractivity contribution in [2.45, 2.75) is 32.5 Å². The van der Waals surface area contributed by atoms with Crippen LogP contribution in [0, 0.1) is 0 Å². The van der Waals surface area contributed by atoms with Crippen LogP contribution in [-0.2, 0) is 11.3 Å². The quantitative estimate of drug-likeness (QED) is 0.878. The van der Waals surface area contributed by atoms with Gasteiger partial charge in [-0.05, 0) is 31.5 Å². The fourth-order valence-corrected chi connectivity index (χ4v) is 2.29. The molecule has 106 valence electrons. The van der Waals surface area contributed by atoms with Gasteiger partial charge >= 0.3 is 0 Å². The fourth-order valence-electron chi connectivity index (χ4n) is 2.29. The molecular formula is C15H24N2O2. The lowest BCUT2D eigenvalue weighted by atomic mass is 10.2. The zero-order valence-electron chi connectivity index (χ0n) is 11.8. The third-order valence-electron chi connectivity index (χ3n) is 3.54. The van der Waals surface area contributed by atoms with E-state index in [4.69, 9.17) is 15.2 Å². The number of morpholine rings is 1. The van der Waals surface area contributed by atoms with Crippen LogP contribution in [0.5, 0.6) is 5.75 Å². The summed E-state index contributed by atoms with van der Waals surface area (Å²) in [5, 5.41) is 0. The molecule has 1 aromatic carbocycles. The molecular weight excluding hydrogens is 240 g/mol. The molecule has 19 heavy (non-hydrogen) atoms. The summed E-state index contributed by atoms with van der Waals surface area (Å²) in [7, 11) is 0. The van der Waals surface area contributed by atoms with Gasteiger partial charge in [0, 0.05) is 25.7 Å². The number of ether oxygens (including phenoxy) is 2. The standard InChI is InChI=1S/C15H24N2O2/c1-12-11-19-13(2)10-17(12)7-8-18-15-5-3-14(9-16)4-6-15/h3-6,12-13H,7-11,16H2,1-2H3. The number of hydrogen-bond donors (Lipinski definition) is 1. The van der Waals surface area contributed by atoms with Gasteiger partial charge in [0.1, 0.15) is 12.4 Å². The van der Waals surface area contributed by atoms with Crippen molar-refractivity contribution in [3.8, 4) is 5.75 Å². The van der Waals surface area contributed by atoms with Crippen LogP contribution in [0.1, 0.15) is 19.4 Å². The maximum Gasteiger partial charge on any atom is 0.119 e. The van der Waals surface area contributed by atoms with Gasteiger partial charge in [-0.25, -0.2) is 0 Å². The number of hydrogen-bond acceptors (Lipinski definition) is 4. The second-order valence-electron chi connectivity index (χ2n) is 5.18. The highest BCUT2D eigenvalue weighted by Crippen LogP contribution is 2.13. The zero-order valence-corrected chi connectivity index (χ0v) is 11.8. The molecule has 0 aliphatic carbocycles. The molecule has 2 N–H and O–H groups in total.